The van der Waals surface area contributed by atoms with Crippen LogP contribution in [0.4, 0.5) is 13.2 Å². The van der Waals surface area contributed by atoms with Gasteiger partial charge in [0.25, 0.3) is 0 Å². The second-order valence-corrected chi connectivity index (χ2v) is 5.01. The van der Waals surface area contributed by atoms with Gasteiger partial charge in [-0.2, -0.15) is 0 Å². The molecule has 1 N–H and O–H groups in total. The summed E-state index contributed by atoms with van der Waals surface area (Å²) in [7, 11) is 0. The van der Waals surface area contributed by atoms with Gasteiger partial charge in [-0.3, -0.25) is 0 Å². The van der Waals surface area contributed by atoms with Crippen LogP contribution in [-0.4, -0.2) is 17.4 Å². The van der Waals surface area contributed by atoms with E-state index in [9.17, 15) is 18.0 Å². The van der Waals surface area contributed by atoms with E-state index in [4.69, 9.17) is 33.0 Å². The highest BCUT2D eigenvalue weighted by Gasteiger charge is 2.33. The van der Waals surface area contributed by atoms with Gasteiger partial charge in [0.1, 0.15) is 5.75 Å². The fourth-order valence-electron chi connectivity index (χ4n) is 1.59. The number of ether oxygens (including phenoxy) is 2. The zero-order chi connectivity index (χ0) is 17.2. The quantitative estimate of drug-likeness (QED) is 0.788. The monoisotopic (exact) mass is 366 g/mol. The Bertz CT molecular complexity index is 730. The zero-order valence-electron chi connectivity index (χ0n) is 11.0. The number of halogens is 5. The van der Waals surface area contributed by atoms with Gasteiger partial charge < -0.3 is 14.6 Å². The van der Waals surface area contributed by atoms with Crippen LogP contribution in [0.1, 0.15) is 10.4 Å². The largest absolute Gasteiger partial charge is 0.573 e. The van der Waals surface area contributed by atoms with E-state index in [2.05, 4.69) is 4.74 Å². The number of hydrogen-bond acceptors (Lipinski definition) is 3. The van der Waals surface area contributed by atoms with Gasteiger partial charge in [-0.15, -0.1) is 13.2 Å². The summed E-state index contributed by atoms with van der Waals surface area (Å²) in [6.45, 7) is 0. The molecule has 9 heteroatoms. The predicted octanol–water partition coefficient (Wildman–Crippen LogP) is 5.38. The van der Waals surface area contributed by atoms with E-state index in [1.54, 1.807) is 0 Å². The summed E-state index contributed by atoms with van der Waals surface area (Å²) in [5.74, 6) is -2.04. The van der Waals surface area contributed by atoms with Crippen LogP contribution in [0.15, 0.2) is 36.4 Å². The highest BCUT2D eigenvalue weighted by Crippen LogP contribution is 2.40. The number of rotatable bonds is 4. The van der Waals surface area contributed by atoms with E-state index in [0.29, 0.717) is 0 Å². The Kier molecular flexibility index (Phi) is 4.91. The van der Waals surface area contributed by atoms with Crippen LogP contribution in [0.25, 0.3) is 0 Å². The molecule has 4 nitrogen and oxygen atoms in total. The maximum absolute atomic E-state index is 12.4. The molecule has 0 aliphatic rings. The van der Waals surface area contributed by atoms with E-state index in [1.165, 1.54) is 24.3 Å². The Labute approximate surface area is 138 Å². The van der Waals surface area contributed by atoms with Crippen LogP contribution in [0.2, 0.25) is 10.0 Å². The van der Waals surface area contributed by atoms with Crippen molar-refractivity contribution in [3.8, 4) is 17.2 Å². The molecule has 0 heterocycles. The number of aromatic carboxylic acids is 1. The summed E-state index contributed by atoms with van der Waals surface area (Å²) >= 11 is 11.4. The molecule has 2 rings (SSSR count). The van der Waals surface area contributed by atoms with E-state index < -0.39 is 18.1 Å². The molecule has 0 fully saturated rings. The number of carboxylic acids is 1. The maximum Gasteiger partial charge on any atom is 0.573 e. The molecule has 0 amide bonds. The third-order valence-electron chi connectivity index (χ3n) is 2.54. The molecule has 0 spiro atoms. The summed E-state index contributed by atoms with van der Waals surface area (Å²) < 4.78 is 46.4. The van der Waals surface area contributed by atoms with E-state index >= 15 is 0 Å². The molecule has 0 bridgehead atoms. The van der Waals surface area contributed by atoms with Crippen LogP contribution in [-0.2, 0) is 0 Å². The first-order chi connectivity index (χ1) is 10.7. The molecule has 0 saturated heterocycles. The molecular formula is C14H7Cl2F3O4. The minimum absolute atomic E-state index is 0.00162. The maximum atomic E-state index is 12.4. The Morgan fingerprint density at radius 3 is 2.00 bits per heavy atom. The lowest BCUT2D eigenvalue weighted by Crippen LogP contribution is -2.17. The number of hydrogen-bond donors (Lipinski definition) is 1. The molecule has 0 aliphatic heterocycles. The Hall–Kier alpha value is -2.12. The summed E-state index contributed by atoms with van der Waals surface area (Å²) in [6.07, 6.45) is -4.94. The van der Waals surface area contributed by atoms with Crippen LogP contribution < -0.4 is 9.47 Å². The first-order valence-electron chi connectivity index (χ1n) is 5.92. The van der Waals surface area contributed by atoms with E-state index in [1.807, 2.05) is 0 Å². The average molecular weight is 367 g/mol. The molecule has 2 aromatic carbocycles. The van der Waals surface area contributed by atoms with Crippen molar-refractivity contribution in [2.45, 2.75) is 6.36 Å². The van der Waals surface area contributed by atoms with Crippen LogP contribution in [0.5, 0.6) is 17.2 Å². The molecule has 0 unspecified atom stereocenters. The lowest BCUT2D eigenvalue weighted by atomic mass is 10.2. The zero-order valence-corrected chi connectivity index (χ0v) is 12.5. The summed E-state index contributed by atoms with van der Waals surface area (Å²) in [5.41, 5.74) is -0.00162. The highest BCUT2D eigenvalue weighted by molar-refractivity contribution is 6.42. The fraction of sp³-hybridized carbons (Fsp3) is 0.0714. The first kappa shape index (κ1) is 17.2. The third kappa shape index (κ3) is 4.67. The SMILES string of the molecule is O=C(O)c1ccc(Oc2cc(Cl)c(Cl)cc2OC(F)(F)F)cc1. The van der Waals surface area contributed by atoms with Crippen molar-refractivity contribution in [2.75, 3.05) is 0 Å². The second-order valence-electron chi connectivity index (χ2n) is 4.19. The summed E-state index contributed by atoms with van der Waals surface area (Å²) in [6, 6.07) is 6.97. The van der Waals surface area contributed by atoms with Crippen molar-refractivity contribution in [2.24, 2.45) is 0 Å². The number of carboxylic acid groups (broad SMARTS) is 1. The predicted molar refractivity (Wildman–Crippen MR) is 76.6 cm³/mol. The van der Waals surface area contributed by atoms with Crippen LogP contribution >= 0.6 is 23.2 Å². The van der Waals surface area contributed by atoms with Crippen molar-refractivity contribution >= 4 is 29.2 Å². The topological polar surface area (TPSA) is 55.8 Å². The van der Waals surface area contributed by atoms with Gasteiger partial charge >= 0.3 is 12.3 Å². The molecule has 0 aromatic heterocycles. The van der Waals surface area contributed by atoms with Gasteiger partial charge in [-0.05, 0) is 24.3 Å². The molecule has 0 atom stereocenters. The van der Waals surface area contributed by atoms with Gasteiger partial charge in [0.2, 0.25) is 0 Å². The molecular weight excluding hydrogens is 360 g/mol. The minimum atomic E-state index is -4.94. The van der Waals surface area contributed by atoms with Crippen molar-refractivity contribution in [3.63, 3.8) is 0 Å². The lowest BCUT2D eigenvalue weighted by Gasteiger charge is -2.15. The molecule has 23 heavy (non-hydrogen) atoms. The van der Waals surface area contributed by atoms with Gasteiger partial charge in [0, 0.05) is 12.1 Å². The van der Waals surface area contributed by atoms with E-state index in [-0.39, 0.29) is 27.1 Å². The molecule has 0 aliphatic carbocycles. The summed E-state index contributed by atoms with van der Waals surface area (Å²) in [4.78, 5) is 10.7. The Morgan fingerprint density at radius 1 is 1.00 bits per heavy atom. The molecule has 0 saturated carbocycles. The highest BCUT2D eigenvalue weighted by atomic mass is 35.5. The van der Waals surface area contributed by atoms with Gasteiger partial charge in [-0.1, -0.05) is 23.2 Å². The number of alkyl halides is 3. The van der Waals surface area contributed by atoms with Crippen molar-refractivity contribution < 1.29 is 32.5 Å². The van der Waals surface area contributed by atoms with Crippen LogP contribution in [0, 0.1) is 0 Å². The second kappa shape index (κ2) is 6.55. The molecule has 122 valence electrons. The van der Waals surface area contributed by atoms with Crippen molar-refractivity contribution in [1.29, 1.82) is 0 Å². The van der Waals surface area contributed by atoms with Crippen molar-refractivity contribution in [1.82, 2.24) is 0 Å². The Balaban J connectivity index is 2.34. The number of carbonyl (C=O) groups is 1. The standard InChI is InChI=1S/C14H7Cl2F3O4/c15-9-5-11(12(6-10(9)16)23-14(17,18)19)22-8-3-1-7(2-4-8)13(20)21/h1-6H,(H,20,21). The van der Waals surface area contributed by atoms with Gasteiger partial charge in [0.05, 0.1) is 15.6 Å². The molecule has 2 aromatic rings. The lowest BCUT2D eigenvalue weighted by molar-refractivity contribution is -0.275. The van der Waals surface area contributed by atoms with Crippen molar-refractivity contribution in [3.05, 3.63) is 52.0 Å². The minimum Gasteiger partial charge on any atom is -0.478 e. The normalized spacial score (nSPS) is 11.2. The fourth-order valence-corrected chi connectivity index (χ4v) is 1.89. The average Bonchev–Trinajstić information content (AvgIpc) is 2.43. The smallest absolute Gasteiger partial charge is 0.478 e. The first-order valence-corrected chi connectivity index (χ1v) is 6.67. The van der Waals surface area contributed by atoms with E-state index in [0.717, 1.165) is 12.1 Å². The third-order valence-corrected chi connectivity index (χ3v) is 3.26. The van der Waals surface area contributed by atoms with Crippen LogP contribution in [0.3, 0.4) is 0 Å². The number of benzene rings is 2. The van der Waals surface area contributed by atoms with Gasteiger partial charge in [0.15, 0.2) is 11.5 Å². The summed E-state index contributed by atoms with van der Waals surface area (Å²) in [5, 5.41) is 8.62. The Morgan fingerprint density at radius 2 is 1.52 bits per heavy atom. The molecule has 0 radical (unpaired) electrons. The van der Waals surface area contributed by atoms with Gasteiger partial charge in [-0.25, -0.2) is 4.79 Å².